The van der Waals surface area contributed by atoms with Crippen molar-refractivity contribution in [2.75, 3.05) is 18.6 Å². The Bertz CT molecular complexity index is 495. The lowest BCUT2D eigenvalue weighted by Gasteiger charge is -2.06. The maximum Gasteiger partial charge on any atom is 0.242 e. The maximum absolute atomic E-state index is 11.9. The third-order valence-electron chi connectivity index (χ3n) is 2.15. The van der Waals surface area contributed by atoms with Crippen LogP contribution in [0.1, 0.15) is 12.8 Å². The number of halogens is 2. The molecule has 0 radical (unpaired) electrons. The standard InChI is InChI=1S/C10H14Cl2N2O2S2/c1-17-5-3-2-4-14-18(15,16)8-6-9(11)10(12)13-7-8/h6-7,14H,2-5H2,1H3. The third-order valence-corrected chi connectivity index (χ3v) is 4.96. The Hall–Kier alpha value is -0.0100. The highest BCUT2D eigenvalue weighted by molar-refractivity contribution is 7.98. The highest BCUT2D eigenvalue weighted by Crippen LogP contribution is 2.21. The number of thioether (sulfide) groups is 1. The van der Waals surface area contributed by atoms with E-state index >= 15 is 0 Å². The molecular weight excluding hydrogens is 315 g/mol. The lowest BCUT2D eigenvalue weighted by molar-refractivity contribution is 0.578. The van der Waals surface area contributed by atoms with Gasteiger partial charge in [-0.2, -0.15) is 11.8 Å². The van der Waals surface area contributed by atoms with E-state index < -0.39 is 10.0 Å². The summed E-state index contributed by atoms with van der Waals surface area (Å²) in [7, 11) is -3.55. The van der Waals surface area contributed by atoms with Crippen LogP contribution in [0.15, 0.2) is 17.2 Å². The minimum Gasteiger partial charge on any atom is -0.242 e. The van der Waals surface area contributed by atoms with E-state index in [1.54, 1.807) is 11.8 Å². The molecule has 1 heterocycles. The molecular formula is C10H14Cl2N2O2S2. The number of hydrogen-bond donors (Lipinski definition) is 1. The van der Waals surface area contributed by atoms with E-state index in [2.05, 4.69) is 9.71 Å². The van der Waals surface area contributed by atoms with Crippen LogP contribution in [-0.4, -0.2) is 32.0 Å². The normalized spacial score (nSPS) is 11.7. The molecule has 4 nitrogen and oxygen atoms in total. The lowest BCUT2D eigenvalue weighted by Crippen LogP contribution is -2.25. The van der Waals surface area contributed by atoms with E-state index in [1.165, 1.54) is 12.3 Å². The zero-order chi connectivity index (χ0) is 13.6. The minimum absolute atomic E-state index is 0.0294. The Morgan fingerprint density at radius 3 is 2.72 bits per heavy atom. The molecule has 0 unspecified atom stereocenters. The smallest absolute Gasteiger partial charge is 0.242 e. The van der Waals surface area contributed by atoms with Crippen LogP contribution in [-0.2, 0) is 10.0 Å². The van der Waals surface area contributed by atoms with Gasteiger partial charge in [0.05, 0.1) is 5.02 Å². The predicted octanol–water partition coefficient (Wildman–Crippen LogP) is 2.81. The van der Waals surface area contributed by atoms with Gasteiger partial charge in [-0.25, -0.2) is 18.1 Å². The monoisotopic (exact) mass is 328 g/mol. The molecule has 8 heteroatoms. The first-order chi connectivity index (χ1) is 8.47. The van der Waals surface area contributed by atoms with Gasteiger partial charge in [0.1, 0.15) is 10.0 Å². The van der Waals surface area contributed by atoms with E-state index in [-0.39, 0.29) is 15.1 Å². The Labute approximate surface area is 122 Å². The summed E-state index contributed by atoms with van der Waals surface area (Å²) in [5.41, 5.74) is 0. The Kier molecular flexibility index (Phi) is 6.73. The van der Waals surface area contributed by atoms with Gasteiger partial charge in [-0.3, -0.25) is 0 Å². The van der Waals surface area contributed by atoms with Gasteiger partial charge < -0.3 is 0 Å². The number of nitrogens with one attached hydrogen (secondary N) is 1. The van der Waals surface area contributed by atoms with Crippen LogP contribution in [0.2, 0.25) is 10.2 Å². The Morgan fingerprint density at radius 2 is 2.11 bits per heavy atom. The molecule has 0 saturated carbocycles. The number of hydrogen-bond acceptors (Lipinski definition) is 4. The van der Waals surface area contributed by atoms with Crippen molar-refractivity contribution in [3.05, 3.63) is 22.4 Å². The zero-order valence-electron chi connectivity index (χ0n) is 9.82. The topological polar surface area (TPSA) is 59.1 Å². The van der Waals surface area contributed by atoms with E-state index in [1.807, 2.05) is 6.26 Å². The van der Waals surface area contributed by atoms with E-state index in [0.717, 1.165) is 18.6 Å². The summed E-state index contributed by atoms with van der Waals surface area (Å²) in [5, 5.41) is 0.220. The van der Waals surface area contributed by atoms with Gasteiger partial charge in [0.15, 0.2) is 0 Å². The first-order valence-electron chi connectivity index (χ1n) is 5.27. The van der Waals surface area contributed by atoms with Gasteiger partial charge >= 0.3 is 0 Å². The van der Waals surface area contributed by atoms with Gasteiger partial charge in [-0.15, -0.1) is 0 Å². The molecule has 0 aliphatic carbocycles. The number of sulfonamides is 1. The predicted molar refractivity (Wildman–Crippen MR) is 77.1 cm³/mol. The first-order valence-corrected chi connectivity index (χ1v) is 8.90. The summed E-state index contributed by atoms with van der Waals surface area (Å²) in [4.78, 5) is 3.74. The molecule has 1 aromatic heterocycles. The van der Waals surface area contributed by atoms with Gasteiger partial charge in [0, 0.05) is 12.7 Å². The molecule has 0 atom stereocenters. The molecule has 1 aromatic rings. The fourth-order valence-electron chi connectivity index (χ4n) is 1.21. The zero-order valence-corrected chi connectivity index (χ0v) is 13.0. The Morgan fingerprint density at radius 1 is 1.39 bits per heavy atom. The fraction of sp³-hybridized carbons (Fsp3) is 0.500. The van der Waals surface area contributed by atoms with Crippen LogP contribution in [0.4, 0.5) is 0 Å². The number of nitrogens with zero attached hydrogens (tertiary/aromatic N) is 1. The van der Waals surface area contributed by atoms with E-state index in [4.69, 9.17) is 23.2 Å². The van der Waals surface area contributed by atoms with E-state index in [9.17, 15) is 8.42 Å². The van der Waals surface area contributed by atoms with Gasteiger partial charge in [-0.1, -0.05) is 23.2 Å². The van der Waals surface area contributed by atoms with Crippen LogP contribution in [0.3, 0.4) is 0 Å². The van der Waals surface area contributed by atoms with Crippen LogP contribution < -0.4 is 4.72 Å². The second kappa shape index (κ2) is 7.55. The summed E-state index contributed by atoms with van der Waals surface area (Å²) in [6.07, 6.45) is 4.99. The molecule has 0 amide bonds. The number of pyridine rings is 1. The lowest BCUT2D eigenvalue weighted by atomic mass is 10.3. The van der Waals surface area contributed by atoms with Crippen LogP contribution >= 0.6 is 35.0 Å². The number of unbranched alkanes of at least 4 members (excludes halogenated alkanes) is 1. The molecule has 18 heavy (non-hydrogen) atoms. The van der Waals surface area contributed by atoms with Crippen molar-refractivity contribution < 1.29 is 8.42 Å². The van der Waals surface area contributed by atoms with Crippen molar-refractivity contribution in [2.24, 2.45) is 0 Å². The largest absolute Gasteiger partial charge is 0.242 e. The average Bonchev–Trinajstić information content (AvgIpc) is 2.32. The van der Waals surface area contributed by atoms with Gasteiger partial charge in [0.2, 0.25) is 10.0 Å². The highest BCUT2D eigenvalue weighted by atomic mass is 35.5. The molecule has 0 saturated heterocycles. The Balaban J connectivity index is 2.60. The summed E-state index contributed by atoms with van der Waals surface area (Å²) >= 11 is 13.1. The second-order valence-electron chi connectivity index (χ2n) is 3.54. The summed E-state index contributed by atoms with van der Waals surface area (Å²) in [6, 6.07) is 1.29. The number of rotatable bonds is 7. The highest BCUT2D eigenvalue weighted by Gasteiger charge is 2.15. The van der Waals surface area contributed by atoms with Crippen molar-refractivity contribution in [2.45, 2.75) is 17.7 Å². The van der Waals surface area contributed by atoms with E-state index in [0.29, 0.717) is 6.54 Å². The van der Waals surface area contributed by atoms with Crippen molar-refractivity contribution in [3.63, 3.8) is 0 Å². The fourth-order valence-corrected chi connectivity index (χ4v) is 3.08. The average molecular weight is 329 g/mol. The molecule has 0 spiro atoms. The van der Waals surface area contributed by atoms with Crippen LogP contribution in [0.25, 0.3) is 0 Å². The molecule has 0 aliphatic heterocycles. The third kappa shape index (κ3) is 4.93. The van der Waals surface area contributed by atoms with Gasteiger partial charge in [-0.05, 0) is 30.9 Å². The molecule has 0 fully saturated rings. The SMILES string of the molecule is CSCCCCNS(=O)(=O)c1cnc(Cl)c(Cl)c1. The van der Waals surface area contributed by atoms with Crippen molar-refractivity contribution in [1.82, 2.24) is 9.71 Å². The molecule has 1 rings (SSSR count). The molecule has 0 aromatic carbocycles. The molecule has 102 valence electrons. The quantitative estimate of drug-likeness (QED) is 0.617. The van der Waals surface area contributed by atoms with Crippen molar-refractivity contribution in [1.29, 1.82) is 0 Å². The molecule has 0 aliphatic rings. The summed E-state index contributed by atoms with van der Waals surface area (Å²) < 4.78 is 26.2. The van der Waals surface area contributed by atoms with Crippen LogP contribution in [0, 0.1) is 0 Å². The maximum atomic E-state index is 11.9. The molecule has 1 N–H and O–H groups in total. The van der Waals surface area contributed by atoms with Crippen molar-refractivity contribution >= 4 is 45.0 Å². The molecule has 0 bridgehead atoms. The van der Waals surface area contributed by atoms with Crippen LogP contribution in [0.5, 0.6) is 0 Å². The number of aromatic nitrogens is 1. The minimum atomic E-state index is -3.55. The first kappa shape index (κ1) is 16.0. The summed E-state index contributed by atoms with van der Waals surface area (Å²) in [5.74, 6) is 1.02. The van der Waals surface area contributed by atoms with Crippen molar-refractivity contribution in [3.8, 4) is 0 Å². The summed E-state index contributed by atoms with van der Waals surface area (Å²) in [6.45, 7) is 0.406. The van der Waals surface area contributed by atoms with Gasteiger partial charge in [0.25, 0.3) is 0 Å². The second-order valence-corrected chi connectivity index (χ2v) is 7.06.